The van der Waals surface area contributed by atoms with E-state index in [1.807, 2.05) is 21.0 Å². The molecule has 2 aromatic rings. The van der Waals surface area contributed by atoms with Crippen LogP contribution in [-0.2, 0) is 12.7 Å². The Kier molecular flexibility index (Phi) is 7.08. The van der Waals surface area contributed by atoms with E-state index in [1.54, 1.807) is 12.3 Å². The molecule has 1 fully saturated rings. The first-order valence-electron chi connectivity index (χ1n) is 10.5. The molecule has 2 N–H and O–H groups in total. The van der Waals surface area contributed by atoms with E-state index in [-0.39, 0.29) is 5.75 Å². The fourth-order valence-corrected chi connectivity index (χ4v) is 4.01. The van der Waals surface area contributed by atoms with Gasteiger partial charge in [0, 0.05) is 30.8 Å². The summed E-state index contributed by atoms with van der Waals surface area (Å²) in [5, 5.41) is 10.1. The third-order valence-corrected chi connectivity index (χ3v) is 5.70. The predicted octanol–water partition coefficient (Wildman–Crippen LogP) is 4.85. The summed E-state index contributed by atoms with van der Waals surface area (Å²) in [5.74, 6) is 0.258. The van der Waals surface area contributed by atoms with Crippen molar-refractivity contribution in [3.63, 3.8) is 0 Å². The van der Waals surface area contributed by atoms with Crippen LogP contribution in [0.4, 0.5) is 13.2 Å². The lowest BCUT2D eigenvalue weighted by Gasteiger charge is -2.34. The third-order valence-electron chi connectivity index (χ3n) is 5.70. The molecule has 0 saturated heterocycles. The highest BCUT2D eigenvalue weighted by Crippen LogP contribution is 2.39. The van der Waals surface area contributed by atoms with Crippen molar-refractivity contribution in [2.24, 2.45) is 0 Å². The number of aromatic nitrogens is 2. The molecule has 1 aromatic heterocycles. The Labute approximate surface area is 176 Å². The smallest absolute Gasteiger partial charge is 0.416 e. The second-order valence-electron chi connectivity index (χ2n) is 8.47. The van der Waals surface area contributed by atoms with Crippen molar-refractivity contribution in [1.29, 1.82) is 0 Å². The lowest BCUT2D eigenvalue weighted by Crippen LogP contribution is -2.34. The molecule has 3 rings (SSSR count). The third kappa shape index (κ3) is 5.76. The van der Waals surface area contributed by atoms with Gasteiger partial charge in [-0.25, -0.2) is 0 Å². The minimum absolute atomic E-state index is 0.258. The van der Waals surface area contributed by atoms with Crippen LogP contribution in [0.15, 0.2) is 24.4 Å². The average molecular weight is 425 g/mol. The van der Waals surface area contributed by atoms with Gasteiger partial charge in [0.05, 0.1) is 17.5 Å². The van der Waals surface area contributed by atoms with E-state index in [0.717, 1.165) is 56.8 Å². The van der Waals surface area contributed by atoms with Gasteiger partial charge < -0.3 is 15.0 Å². The topological polar surface area (TPSA) is 53.2 Å². The maximum atomic E-state index is 13.6. The lowest BCUT2D eigenvalue weighted by molar-refractivity contribution is -0.137. The van der Waals surface area contributed by atoms with Crippen LogP contribution in [0.3, 0.4) is 0 Å². The van der Waals surface area contributed by atoms with E-state index >= 15 is 0 Å². The summed E-state index contributed by atoms with van der Waals surface area (Å²) >= 11 is 0. The van der Waals surface area contributed by atoms with Crippen LogP contribution in [0.5, 0.6) is 5.75 Å². The number of hydrogen-bond acceptors (Lipinski definition) is 4. The molecule has 0 aliphatic heterocycles. The zero-order chi connectivity index (χ0) is 21.8. The van der Waals surface area contributed by atoms with E-state index in [9.17, 15) is 13.2 Å². The highest BCUT2D eigenvalue weighted by molar-refractivity contribution is 5.66. The van der Waals surface area contributed by atoms with Gasteiger partial charge in [-0.3, -0.25) is 5.10 Å². The summed E-state index contributed by atoms with van der Waals surface area (Å²) in [6.07, 6.45) is 2.14. The Bertz CT molecular complexity index is 828. The van der Waals surface area contributed by atoms with Crippen LogP contribution in [0.25, 0.3) is 11.3 Å². The van der Waals surface area contributed by atoms with Gasteiger partial charge >= 0.3 is 6.18 Å². The number of ether oxygens (including phenoxy) is 1. The minimum Gasteiger partial charge on any atom is -0.488 e. The lowest BCUT2D eigenvalue weighted by atomic mass is 9.86. The Morgan fingerprint density at radius 1 is 1.20 bits per heavy atom. The van der Waals surface area contributed by atoms with Crippen LogP contribution in [0, 0.1) is 0 Å². The zero-order valence-corrected chi connectivity index (χ0v) is 17.9. The number of nitrogens with one attached hydrogen (secondary N) is 2. The van der Waals surface area contributed by atoms with E-state index in [2.05, 4.69) is 20.4 Å². The number of benzene rings is 1. The van der Waals surface area contributed by atoms with Gasteiger partial charge in [0.2, 0.25) is 0 Å². The Hall–Kier alpha value is -2.06. The number of nitrogens with zero attached hydrogens (tertiary/aromatic N) is 2. The highest BCUT2D eigenvalue weighted by Gasteiger charge is 2.34. The molecule has 1 heterocycles. The molecule has 0 bridgehead atoms. The summed E-state index contributed by atoms with van der Waals surface area (Å²) in [6, 6.07) is 3.97. The molecular formula is C22H31F3N4O. The van der Waals surface area contributed by atoms with Crippen LogP contribution < -0.4 is 10.1 Å². The first-order valence-corrected chi connectivity index (χ1v) is 10.5. The van der Waals surface area contributed by atoms with E-state index in [1.165, 1.54) is 6.07 Å². The van der Waals surface area contributed by atoms with Crippen molar-refractivity contribution in [2.75, 3.05) is 27.2 Å². The summed E-state index contributed by atoms with van der Waals surface area (Å²) in [4.78, 5) is 2.10. The zero-order valence-electron chi connectivity index (χ0n) is 17.9. The molecule has 8 heteroatoms. The second-order valence-corrected chi connectivity index (χ2v) is 8.47. The minimum atomic E-state index is -4.45. The fraction of sp³-hybridized carbons (Fsp3) is 0.591. The molecule has 0 radical (unpaired) electrons. The van der Waals surface area contributed by atoms with Crippen molar-refractivity contribution in [3.05, 3.63) is 35.5 Å². The number of aromatic amines is 1. The molecule has 0 atom stereocenters. The molecule has 0 unspecified atom stereocenters. The number of H-pyrrole nitrogens is 1. The van der Waals surface area contributed by atoms with E-state index in [4.69, 9.17) is 4.74 Å². The van der Waals surface area contributed by atoms with Crippen molar-refractivity contribution >= 4 is 0 Å². The van der Waals surface area contributed by atoms with Gasteiger partial charge in [-0.15, -0.1) is 0 Å². The quantitative estimate of drug-likeness (QED) is 0.636. The maximum Gasteiger partial charge on any atom is 0.416 e. The van der Waals surface area contributed by atoms with E-state index < -0.39 is 17.3 Å². The van der Waals surface area contributed by atoms with Gasteiger partial charge in [-0.2, -0.15) is 18.3 Å². The van der Waals surface area contributed by atoms with Gasteiger partial charge in [-0.1, -0.05) is 6.42 Å². The van der Waals surface area contributed by atoms with Crippen LogP contribution in [0.1, 0.15) is 50.2 Å². The largest absolute Gasteiger partial charge is 0.488 e. The van der Waals surface area contributed by atoms with Crippen molar-refractivity contribution in [1.82, 2.24) is 20.4 Å². The number of rotatable bonds is 8. The molecule has 0 amide bonds. The molecular weight excluding hydrogens is 393 g/mol. The SMILES string of the molecule is CNCCN(C)Cc1cn[nH]c1-c1cc(OC2(C)CCCCC2)cc(C(F)(F)F)c1. The van der Waals surface area contributed by atoms with Gasteiger partial charge in [0.25, 0.3) is 0 Å². The first kappa shape index (κ1) is 22.6. The summed E-state index contributed by atoms with van der Waals surface area (Å²) in [6.45, 7) is 4.21. The molecule has 1 saturated carbocycles. The normalized spacial score (nSPS) is 16.8. The van der Waals surface area contributed by atoms with Crippen LogP contribution in [-0.4, -0.2) is 47.9 Å². The molecule has 166 valence electrons. The standard InChI is InChI=1S/C22H31F3N4O/c1-21(7-5-4-6-8-21)30-19-12-16(11-18(13-19)22(23,24)25)20-17(14-27-28-20)15-29(3)10-9-26-2/h11-14,26H,4-10,15H2,1-3H3,(H,27,28). The monoisotopic (exact) mass is 424 g/mol. The first-order chi connectivity index (χ1) is 14.2. The molecule has 0 spiro atoms. The molecule has 1 aliphatic rings. The average Bonchev–Trinajstić information content (AvgIpc) is 3.13. The van der Waals surface area contributed by atoms with E-state index in [0.29, 0.717) is 17.8 Å². The fourth-order valence-electron chi connectivity index (χ4n) is 4.01. The summed E-state index contributed by atoms with van der Waals surface area (Å²) in [7, 11) is 3.85. The van der Waals surface area contributed by atoms with Crippen molar-refractivity contribution < 1.29 is 17.9 Å². The summed E-state index contributed by atoms with van der Waals surface area (Å²) < 4.78 is 47.0. The number of hydrogen-bond donors (Lipinski definition) is 2. The summed E-state index contributed by atoms with van der Waals surface area (Å²) in [5.41, 5.74) is 0.746. The van der Waals surface area contributed by atoms with Crippen LogP contribution in [0.2, 0.25) is 0 Å². The van der Waals surface area contributed by atoms with Gasteiger partial charge in [-0.05, 0) is 64.9 Å². The predicted molar refractivity (Wildman–Crippen MR) is 111 cm³/mol. The Morgan fingerprint density at radius 3 is 2.60 bits per heavy atom. The second kappa shape index (κ2) is 9.39. The highest BCUT2D eigenvalue weighted by atomic mass is 19.4. The Morgan fingerprint density at radius 2 is 1.93 bits per heavy atom. The number of alkyl halides is 3. The van der Waals surface area contributed by atoms with Crippen LogP contribution >= 0.6 is 0 Å². The maximum absolute atomic E-state index is 13.6. The van der Waals surface area contributed by atoms with Gasteiger partial charge in [0.1, 0.15) is 11.4 Å². The van der Waals surface area contributed by atoms with Crippen molar-refractivity contribution in [2.45, 2.75) is 57.3 Å². The molecule has 1 aliphatic carbocycles. The van der Waals surface area contributed by atoms with Gasteiger partial charge in [0.15, 0.2) is 0 Å². The molecule has 30 heavy (non-hydrogen) atoms. The number of halogens is 3. The molecule has 1 aromatic carbocycles. The molecule has 5 nitrogen and oxygen atoms in total. The van der Waals surface area contributed by atoms with Crippen molar-refractivity contribution in [3.8, 4) is 17.0 Å². The Balaban J connectivity index is 1.92. The number of likely N-dealkylation sites (N-methyl/N-ethyl adjacent to an activating group) is 2.